The van der Waals surface area contributed by atoms with E-state index < -0.39 is 41.6 Å². The van der Waals surface area contributed by atoms with Gasteiger partial charge in [0, 0.05) is 0 Å². The van der Waals surface area contributed by atoms with Crippen molar-refractivity contribution in [2.75, 3.05) is 13.2 Å². The molecule has 200 valence electrons. The molecule has 2 aliphatic rings. The van der Waals surface area contributed by atoms with Crippen LogP contribution in [0.3, 0.4) is 0 Å². The van der Waals surface area contributed by atoms with Crippen LogP contribution >= 0.6 is 0 Å². The number of ether oxygens (including phenoxy) is 3. The smallest absolute Gasteiger partial charge is 0.416 e. The van der Waals surface area contributed by atoms with Crippen LogP contribution in [0.1, 0.15) is 59.2 Å². The zero-order valence-electron chi connectivity index (χ0n) is 19.9. The first-order valence-electron chi connectivity index (χ1n) is 11.6. The minimum Gasteiger partial charge on any atom is -0.494 e. The molecule has 0 aliphatic carbocycles. The molecule has 0 saturated heterocycles. The third kappa shape index (κ3) is 8.58. The quantitative estimate of drug-likeness (QED) is 0.300. The summed E-state index contributed by atoms with van der Waals surface area (Å²) in [7, 11) is 0. The maximum absolute atomic E-state index is 13.1. The highest BCUT2D eigenvalue weighted by molar-refractivity contribution is 5.93. The molecule has 0 saturated carbocycles. The summed E-state index contributed by atoms with van der Waals surface area (Å²) in [4.78, 5) is 12.8. The summed E-state index contributed by atoms with van der Waals surface area (Å²) in [5.74, 6) is -0.455. The van der Waals surface area contributed by atoms with Gasteiger partial charge in [-0.05, 0) is 74.1 Å². The molecular weight excluding hydrogens is 502 g/mol. The van der Waals surface area contributed by atoms with Gasteiger partial charge in [0.05, 0.1) is 24.3 Å². The number of rotatable bonds is 3. The van der Waals surface area contributed by atoms with Crippen LogP contribution in [-0.4, -0.2) is 19.2 Å². The predicted molar refractivity (Wildman–Crippen MR) is 124 cm³/mol. The zero-order valence-corrected chi connectivity index (χ0v) is 19.9. The average molecular weight is 528 g/mol. The van der Waals surface area contributed by atoms with Crippen LogP contribution in [0.5, 0.6) is 11.5 Å². The first-order valence-corrected chi connectivity index (χ1v) is 11.6. The Labute approximate surface area is 210 Å². The number of halogens is 6. The minimum absolute atomic E-state index is 0.0161. The van der Waals surface area contributed by atoms with Crippen LogP contribution in [0, 0.1) is 0 Å². The van der Waals surface area contributed by atoms with Crippen molar-refractivity contribution in [1.82, 2.24) is 0 Å². The predicted octanol–water partition coefficient (Wildman–Crippen LogP) is 7.92. The maximum Gasteiger partial charge on any atom is 0.416 e. The lowest BCUT2D eigenvalue weighted by atomic mass is 10.1. The second-order valence-corrected chi connectivity index (χ2v) is 8.51. The van der Waals surface area contributed by atoms with E-state index in [1.807, 2.05) is 12.2 Å². The molecule has 0 fully saturated rings. The van der Waals surface area contributed by atoms with Crippen LogP contribution in [0.25, 0.3) is 0 Å². The van der Waals surface area contributed by atoms with Gasteiger partial charge in [-0.25, -0.2) is 4.79 Å². The number of fused-ring (bicyclic) bond motifs is 12. The molecule has 37 heavy (non-hydrogen) atoms. The highest BCUT2D eigenvalue weighted by Crippen LogP contribution is 2.36. The summed E-state index contributed by atoms with van der Waals surface area (Å²) < 4.78 is 95.3. The summed E-state index contributed by atoms with van der Waals surface area (Å²) >= 11 is 0. The lowest BCUT2D eigenvalue weighted by Crippen LogP contribution is -2.13. The molecule has 10 heteroatoms. The average Bonchev–Trinajstić information content (AvgIpc) is 2.83. The number of hydrogen-bond acceptors (Lipinski definition) is 4. The number of allylic oxidation sites excluding steroid dienone is 3. The van der Waals surface area contributed by atoms with Crippen molar-refractivity contribution < 1.29 is 45.3 Å². The molecule has 0 spiro atoms. The van der Waals surface area contributed by atoms with Gasteiger partial charge in [0.25, 0.3) is 0 Å². The highest BCUT2D eigenvalue weighted by atomic mass is 19.4. The Morgan fingerprint density at radius 3 is 2.24 bits per heavy atom. The van der Waals surface area contributed by atoms with E-state index in [1.54, 1.807) is 6.07 Å². The molecule has 2 aliphatic heterocycles. The van der Waals surface area contributed by atoms with Crippen molar-refractivity contribution in [2.45, 2.75) is 51.1 Å². The van der Waals surface area contributed by atoms with E-state index in [9.17, 15) is 31.1 Å². The monoisotopic (exact) mass is 528 g/mol. The van der Waals surface area contributed by atoms with E-state index >= 15 is 0 Å². The van der Waals surface area contributed by atoms with E-state index in [1.165, 1.54) is 12.1 Å². The third-order valence-electron chi connectivity index (χ3n) is 5.48. The molecule has 0 atom stereocenters. The van der Waals surface area contributed by atoms with Crippen molar-refractivity contribution >= 4 is 5.97 Å². The summed E-state index contributed by atoms with van der Waals surface area (Å²) in [5.41, 5.74) is -2.50. The Hall–Kier alpha value is -3.43. The highest BCUT2D eigenvalue weighted by Gasteiger charge is 2.37. The van der Waals surface area contributed by atoms with Gasteiger partial charge >= 0.3 is 18.3 Å². The molecule has 2 aromatic carbocycles. The fraction of sp³-hybridized carbons (Fsp3) is 0.370. The van der Waals surface area contributed by atoms with E-state index in [4.69, 9.17) is 14.2 Å². The van der Waals surface area contributed by atoms with Gasteiger partial charge in [-0.2, -0.15) is 26.3 Å². The van der Waals surface area contributed by atoms with Gasteiger partial charge in [0.2, 0.25) is 0 Å². The molecule has 4 nitrogen and oxygen atoms in total. The second-order valence-electron chi connectivity index (χ2n) is 8.51. The standard InChI is InChI=1S/C27H26F6O4/c1-18-7-4-2-3-5-11-36-24-10-9-22(35-12-6-8-18)16-23(24)25(34)37-17-19-13-20(26(28,29)30)15-21(14-19)27(31,32)33/h4,7,9-10,13-16H,1-3,5-6,8,11-12,17H2/b7-4-. The molecule has 0 amide bonds. The Kier molecular flexibility index (Phi) is 9.29. The molecule has 0 radical (unpaired) electrons. The first kappa shape index (κ1) is 28.1. The van der Waals surface area contributed by atoms with Gasteiger partial charge in [-0.3, -0.25) is 0 Å². The van der Waals surface area contributed by atoms with Crippen molar-refractivity contribution in [1.29, 1.82) is 0 Å². The molecule has 0 aromatic heterocycles. The molecule has 0 N–H and O–H groups in total. The zero-order chi connectivity index (χ0) is 27.1. The summed E-state index contributed by atoms with van der Waals surface area (Å²) in [6.07, 6.45) is -2.24. The van der Waals surface area contributed by atoms with Crippen molar-refractivity contribution in [3.05, 3.63) is 83.0 Å². The van der Waals surface area contributed by atoms with Crippen LogP contribution in [0.15, 0.2) is 60.7 Å². The molecule has 0 unspecified atom stereocenters. The van der Waals surface area contributed by atoms with Crippen molar-refractivity contribution in [3.63, 3.8) is 0 Å². The molecular formula is C27H26F6O4. The lowest BCUT2D eigenvalue weighted by Gasteiger charge is -2.16. The van der Waals surface area contributed by atoms with Crippen molar-refractivity contribution in [2.24, 2.45) is 0 Å². The molecule has 2 aromatic rings. The van der Waals surface area contributed by atoms with Gasteiger partial charge in [-0.1, -0.05) is 24.3 Å². The maximum atomic E-state index is 13.1. The summed E-state index contributed by atoms with van der Waals surface area (Å²) in [5, 5.41) is 0. The Bertz CT molecular complexity index is 1100. The summed E-state index contributed by atoms with van der Waals surface area (Å²) in [6.45, 7) is 3.82. The van der Waals surface area contributed by atoms with Crippen LogP contribution in [0.4, 0.5) is 26.3 Å². The largest absolute Gasteiger partial charge is 0.494 e. The summed E-state index contributed by atoms with van der Waals surface area (Å²) in [6, 6.07) is 5.56. The normalized spacial score (nSPS) is 16.5. The fourth-order valence-corrected chi connectivity index (χ4v) is 3.58. The lowest BCUT2D eigenvalue weighted by molar-refractivity contribution is -0.143. The molecule has 4 rings (SSSR count). The number of benzene rings is 2. The van der Waals surface area contributed by atoms with Crippen LogP contribution < -0.4 is 9.47 Å². The van der Waals surface area contributed by atoms with Gasteiger partial charge in [0.15, 0.2) is 0 Å². The van der Waals surface area contributed by atoms with E-state index in [0.29, 0.717) is 37.3 Å². The van der Waals surface area contributed by atoms with E-state index in [0.717, 1.165) is 24.8 Å². The minimum atomic E-state index is -5.00. The first-order chi connectivity index (χ1) is 17.4. The van der Waals surface area contributed by atoms with Crippen molar-refractivity contribution in [3.8, 4) is 11.5 Å². The fourth-order valence-electron chi connectivity index (χ4n) is 3.58. The van der Waals surface area contributed by atoms with Crippen LogP contribution in [-0.2, 0) is 23.7 Å². The third-order valence-corrected chi connectivity index (χ3v) is 5.48. The second kappa shape index (κ2) is 12.2. The molecule has 2 heterocycles. The number of alkyl halides is 6. The SMILES string of the molecule is C=C1/C=C\CCCCOc2ccc(cc2C(=O)OCc2cc(C(F)(F)F)cc(C(F)(F)F)c2)OCCC1. The molecule has 2 bridgehead atoms. The number of hydrogen-bond donors (Lipinski definition) is 0. The Morgan fingerprint density at radius 2 is 1.57 bits per heavy atom. The van der Waals surface area contributed by atoms with Crippen LogP contribution in [0.2, 0.25) is 0 Å². The number of carbonyl (C=O) groups excluding carboxylic acids is 1. The Balaban J connectivity index is 1.80. The van der Waals surface area contributed by atoms with Gasteiger partial charge in [0.1, 0.15) is 23.7 Å². The number of esters is 1. The van der Waals surface area contributed by atoms with E-state index in [2.05, 4.69) is 6.58 Å². The topological polar surface area (TPSA) is 44.8 Å². The van der Waals surface area contributed by atoms with Gasteiger partial charge < -0.3 is 14.2 Å². The Morgan fingerprint density at radius 1 is 0.892 bits per heavy atom. The van der Waals surface area contributed by atoms with Gasteiger partial charge in [-0.15, -0.1) is 0 Å². The van der Waals surface area contributed by atoms with E-state index in [-0.39, 0.29) is 24.0 Å². The number of carbonyl (C=O) groups is 1.